The SMILES string of the molecule is Cc1noc(C)c1S(=O)(=O)N1CCCN(CC(=O)Nc2ccnn2C2CCCC2)CC1. The molecule has 2 aromatic heterocycles. The van der Waals surface area contributed by atoms with E-state index in [1.165, 1.54) is 17.1 Å². The summed E-state index contributed by atoms with van der Waals surface area (Å²) in [5.74, 6) is 0.924. The lowest BCUT2D eigenvalue weighted by Crippen LogP contribution is -2.38. The average Bonchev–Trinajstić information content (AvgIpc) is 3.42. The molecule has 4 rings (SSSR count). The summed E-state index contributed by atoms with van der Waals surface area (Å²) >= 11 is 0. The van der Waals surface area contributed by atoms with Crippen LogP contribution in [0.2, 0.25) is 0 Å². The van der Waals surface area contributed by atoms with Gasteiger partial charge in [-0.1, -0.05) is 18.0 Å². The Hall–Kier alpha value is -2.24. The summed E-state index contributed by atoms with van der Waals surface area (Å²) < 4.78 is 34.6. The number of nitrogens with one attached hydrogen (secondary N) is 1. The van der Waals surface area contributed by atoms with Crippen molar-refractivity contribution in [2.75, 3.05) is 38.0 Å². The summed E-state index contributed by atoms with van der Waals surface area (Å²) in [5, 5.41) is 11.1. The van der Waals surface area contributed by atoms with Crippen LogP contribution in [-0.2, 0) is 14.8 Å². The molecule has 3 heterocycles. The van der Waals surface area contributed by atoms with Gasteiger partial charge in [-0.05, 0) is 39.7 Å². The first-order valence-corrected chi connectivity index (χ1v) is 12.3. The van der Waals surface area contributed by atoms with Crippen molar-refractivity contribution in [2.45, 2.75) is 56.9 Å². The first-order chi connectivity index (χ1) is 14.9. The van der Waals surface area contributed by atoms with Crippen LogP contribution in [0.25, 0.3) is 0 Å². The lowest BCUT2D eigenvalue weighted by atomic mass is 10.2. The van der Waals surface area contributed by atoms with Crippen molar-refractivity contribution >= 4 is 21.7 Å². The predicted molar refractivity (Wildman–Crippen MR) is 114 cm³/mol. The summed E-state index contributed by atoms with van der Waals surface area (Å²) in [6, 6.07) is 2.18. The fraction of sp³-hybridized carbons (Fsp3) is 0.650. The van der Waals surface area contributed by atoms with E-state index in [4.69, 9.17) is 4.52 Å². The van der Waals surface area contributed by atoms with Gasteiger partial charge in [-0.3, -0.25) is 9.69 Å². The van der Waals surface area contributed by atoms with Gasteiger partial charge in [0.05, 0.1) is 18.8 Å². The molecular formula is C20H30N6O4S. The van der Waals surface area contributed by atoms with Gasteiger partial charge >= 0.3 is 0 Å². The third-order valence-corrected chi connectivity index (χ3v) is 8.23. The molecule has 0 radical (unpaired) electrons. The van der Waals surface area contributed by atoms with Crippen LogP contribution in [0, 0.1) is 13.8 Å². The number of amides is 1. The third kappa shape index (κ3) is 4.68. The first kappa shape index (κ1) is 22.0. The van der Waals surface area contributed by atoms with Crippen LogP contribution in [0.15, 0.2) is 21.7 Å². The lowest BCUT2D eigenvalue weighted by Gasteiger charge is -2.21. The number of carbonyl (C=O) groups is 1. The van der Waals surface area contributed by atoms with Crippen molar-refractivity contribution in [3.8, 4) is 0 Å². The molecular weight excluding hydrogens is 420 g/mol. The molecule has 2 aromatic rings. The maximum absolute atomic E-state index is 13.1. The van der Waals surface area contributed by atoms with Gasteiger partial charge in [-0.25, -0.2) is 13.1 Å². The summed E-state index contributed by atoms with van der Waals surface area (Å²) in [4.78, 5) is 14.8. The quantitative estimate of drug-likeness (QED) is 0.715. The van der Waals surface area contributed by atoms with Crippen molar-refractivity contribution in [1.29, 1.82) is 0 Å². The highest BCUT2D eigenvalue weighted by molar-refractivity contribution is 7.89. The molecule has 1 amide bonds. The maximum Gasteiger partial charge on any atom is 0.248 e. The average molecular weight is 451 g/mol. The Morgan fingerprint density at radius 1 is 1.16 bits per heavy atom. The molecule has 1 N–H and O–H groups in total. The highest BCUT2D eigenvalue weighted by Crippen LogP contribution is 2.31. The van der Waals surface area contributed by atoms with Crippen LogP contribution in [-0.4, -0.2) is 71.2 Å². The monoisotopic (exact) mass is 450 g/mol. The Labute approximate surface area is 182 Å². The van der Waals surface area contributed by atoms with Gasteiger partial charge in [0.1, 0.15) is 16.4 Å². The molecule has 0 bridgehead atoms. The second kappa shape index (κ2) is 9.09. The van der Waals surface area contributed by atoms with E-state index in [1.807, 2.05) is 15.6 Å². The zero-order valence-electron chi connectivity index (χ0n) is 18.1. The lowest BCUT2D eigenvalue weighted by molar-refractivity contribution is -0.117. The van der Waals surface area contributed by atoms with Crippen LogP contribution in [0.3, 0.4) is 0 Å². The number of hydrogen-bond acceptors (Lipinski definition) is 7. The van der Waals surface area contributed by atoms with Crippen molar-refractivity contribution in [3.05, 3.63) is 23.7 Å². The molecule has 2 aliphatic rings. The number of aryl methyl sites for hydroxylation is 2. The smallest absolute Gasteiger partial charge is 0.248 e. The largest absolute Gasteiger partial charge is 0.360 e. The molecule has 10 nitrogen and oxygen atoms in total. The van der Waals surface area contributed by atoms with Gasteiger partial charge < -0.3 is 9.84 Å². The van der Waals surface area contributed by atoms with Gasteiger partial charge in [0, 0.05) is 25.7 Å². The van der Waals surface area contributed by atoms with E-state index < -0.39 is 10.0 Å². The first-order valence-electron chi connectivity index (χ1n) is 10.8. The van der Waals surface area contributed by atoms with Crippen molar-refractivity contribution in [3.63, 3.8) is 0 Å². The van der Waals surface area contributed by atoms with Crippen LogP contribution < -0.4 is 5.32 Å². The molecule has 31 heavy (non-hydrogen) atoms. The van der Waals surface area contributed by atoms with Crippen molar-refractivity contribution in [1.82, 2.24) is 24.1 Å². The van der Waals surface area contributed by atoms with E-state index in [1.54, 1.807) is 20.0 Å². The molecule has 0 spiro atoms. The fourth-order valence-electron chi connectivity index (χ4n) is 4.56. The van der Waals surface area contributed by atoms with Crippen LogP contribution in [0.1, 0.15) is 49.6 Å². The van der Waals surface area contributed by atoms with Crippen LogP contribution >= 0.6 is 0 Å². The van der Waals surface area contributed by atoms with E-state index in [-0.39, 0.29) is 17.3 Å². The number of anilines is 1. The highest BCUT2D eigenvalue weighted by Gasteiger charge is 2.32. The third-order valence-electron chi connectivity index (χ3n) is 6.09. The minimum atomic E-state index is -3.67. The van der Waals surface area contributed by atoms with Crippen molar-refractivity contribution < 1.29 is 17.7 Å². The molecule has 2 fully saturated rings. The van der Waals surface area contributed by atoms with Gasteiger partial charge in [0.2, 0.25) is 15.9 Å². The van der Waals surface area contributed by atoms with Crippen molar-refractivity contribution in [2.24, 2.45) is 0 Å². The van der Waals surface area contributed by atoms with Gasteiger partial charge in [-0.15, -0.1) is 0 Å². The highest BCUT2D eigenvalue weighted by atomic mass is 32.2. The second-order valence-corrected chi connectivity index (χ2v) is 10.2. The number of nitrogens with zero attached hydrogens (tertiary/aromatic N) is 5. The molecule has 1 aliphatic heterocycles. The molecule has 1 saturated heterocycles. The topological polar surface area (TPSA) is 114 Å². The molecule has 1 saturated carbocycles. The number of carbonyl (C=O) groups excluding carboxylic acids is 1. The standard InChI is InChI=1S/C20H30N6O4S/c1-15-20(16(2)30-23-15)31(28,29)25-11-5-10-24(12-13-25)14-19(27)22-18-8-9-21-26(18)17-6-3-4-7-17/h8-9,17H,3-7,10-14H2,1-2H3,(H,22,27). The Morgan fingerprint density at radius 2 is 1.94 bits per heavy atom. The molecule has 1 aliphatic carbocycles. The number of aromatic nitrogens is 3. The van der Waals surface area contributed by atoms with E-state index in [0.717, 1.165) is 18.7 Å². The van der Waals surface area contributed by atoms with E-state index >= 15 is 0 Å². The fourth-order valence-corrected chi connectivity index (χ4v) is 6.32. The summed E-state index contributed by atoms with van der Waals surface area (Å²) in [7, 11) is -3.67. The number of rotatable bonds is 6. The van der Waals surface area contributed by atoms with E-state index in [2.05, 4.69) is 15.6 Å². The van der Waals surface area contributed by atoms with E-state index in [9.17, 15) is 13.2 Å². The zero-order valence-corrected chi connectivity index (χ0v) is 18.9. The van der Waals surface area contributed by atoms with Crippen LogP contribution in [0.5, 0.6) is 0 Å². The summed E-state index contributed by atoms with van der Waals surface area (Å²) in [6.07, 6.45) is 6.93. The Bertz CT molecular complexity index is 1000. The normalized spacial score (nSPS) is 19.5. The minimum Gasteiger partial charge on any atom is -0.360 e. The van der Waals surface area contributed by atoms with Gasteiger partial charge in [0.25, 0.3) is 0 Å². The minimum absolute atomic E-state index is 0.109. The Kier molecular flexibility index (Phi) is 6.44. The van der Waals surface area contributed by atoms with E-state index in [0.29, 0.717) is 50.1 Å². The number of hydrogen-bond donors (Lipinski definition) is 1. The predicted octanol–water partition coefficient (Wildman–Crippen LogP) is 1.94. The Balaban J connectivity index is 1.35. The molecule has 0 atom stereocenters. The van der Waals surface area contributed by atoms with Gasteiger partial charge in [-0.2, -0.15) is 9.40 Å². The molecule has 0 unspecified atom stereocenters. The molecule has 0 aromatic carbocycles. The van der Waals surface area contributed by atoms with Crippen LogP contribution in [0.4, 0.5) is 5.82 Å². The molecule has 11 heteroatoms. The summed E-state index contributed by atoms with van der Waals surface area (Å²) in [5.41, 5.74) is 0.372. The Morgan fingerprint density at radius 3 is 2.65 bits per heavy atom. The van der Waals surface area contributed by atoms with Gasteiger partial charge in [0.15, 0.2) is 5.76 Å². The second-order valence-electron chi connectivity index (χ2n) is 8.33. The molecule has 170 valence electrons. The number of sulfonamides is 1. The summed E-state index contributed by atoms with van der Waals surface area (Å²) in [6.45, 7) is 5.32. The zero-order chi connectivity index (χ0) is 22.0. The maximum atomic E-state index is 13.1.